The van der Waals surface area contributed by atoms with E-state index in [4.69, 9.17) is 0 Å². The van der Waals surface area contributed by atoms with Gasteiger partial charge in [0.25, 0.3) is 10.5 Å². The Hall–Kier alpha value is 4.22. The first-order valence-corrected chi connectivity index (χ1v) is 10.5. The van der Waals surface area contributed by atoms with Crippen LogP contribution in [0.2, 0.25) is 0 Å². The zero-order valence-electron chi connectivity index (χ0n) is 19.6. The minimum absolute atomic E-state index is 0. The van der Waals surface area contributed by atoms with Gasteiger partial charge in [0.05, 0.1) is 24.0 Å². The summed E-state index contributed by atoms with van der Waals surface area (Å²) in [4.78, 5) is 68.5. The molecule has 0 aromatic heterocycles. The normalized spacial score (nSPS) is 10.3. The van der Waals surface area contributed by atoms with Gasteiger partial charge < -0.3 is 72.7 Å². The summed E-state index contributed by atoms with van der Waals surface area (Å²) in [6, 6.07) is -4.08. The topological polar surface area (TPSA) is 201 Å². The van der Waals surface area contributed by atoms with Crippen molar-refractivity contribution in [1.82, 2.24) is 9.80 Å². The van der Waals surface area contributed by atoms with Crippen LogP contribution in [0, 0.1) is 0 Å². The van der Waals surface area contributed by atoms with Crippen molar-refractivity contribution < 1.29 is 227 Å². The molecule has 2 amide bonds. The van der Waals surface area contributed by atoms with E-state index in [0.717, 1.165) is 0 Å². The number of hydrogen-bond acceptors (Lipinski definition) is 14. The van der Waals surface area contributed by atoms with Gasteiger partial charge in [0.2, 0.25) is 0 Å². The molecular weight excluding hydrogens is 598 g/mol. The molecule has 0 aromatic carbocycles. The van der Waals surface area contributed by atoms with Crippen molar-refractivity contribution in [3.05, 3.63) is 0 Å². The molecule has 12 nitrogen and oxygen atoms in total. The van der Waals surface area contributed by atoms with Crippen LogP contribution in [-0.4, -0.2) is 69.3 Å². The molecule has 0 heterocycles. The third-order valence-corrected chi connectivity index (χ3v) is 4.82. The minimum Gasteiger partial charge on any atom is -0.709 e. The SMILES string of the molecule is O=C([O-])CC(C(=O)[O-])N(CCN(C(=O)S[S-])C(CC(=O)[O-])C(=O)[O-])C(=O)S[S-].[Na+].[Na+].[Na+].[Na+].[Na+].[Na+]. The molecule has 22 heteroatoms. The first-order valence-electron chi connectivity index (χ1n) is 6.98. The first-order chi connectivity index (χ1) is 13.0. The second-order valence-electron chi connectivity index (χ2n) is 4.91. The number of hydrogen-bond donors (Lipinski definition) is 0. The van der Waals surface area contributed by atoms with E-state index in [1.807, 2.05) is 0 Å². The third-order valence-electron chi connectivity index (χ3n) is 3.21. The van der Waals surface area contributed by atoms with E-state index < -0.39 is 72.4 Å². The molecule has 0 spiro atoms. The summed E-state index contributed by atoms with van der Waals surface area (Å²) >= 11 is 8.86. The summed E-state index contributed by atoms with van der Waals surface area (Å²) in [6.45, 7) is -1.46. The van der Waals surface area contributed by atoms with E-state index in [0.29, 0.717) is 9.80 Å². The Balaban J connectivity index is -0.000000243. The van der Waals surface area contributed by atoms with E-state index in [2.05, 4.69) is 23.3 Å². The predicted molar refractivity (Wildman–Crippen MR) is 91.0 cm³/mol. The average Bonchev–Trinajstić information content (AvgIpc) is 2.60. The molecule has 0 bridgehead atoms. The summed E-state index contributed by atoms with van der Waals surface area (Å²) in [5.74, 6) is -7.61. The second kappa shape index (κ2) is 30.2. The number of carboxylic acid groups (broad SMARTS) is 4. The molecule has 2 unspecified atom stereocenters. The van der Waals surface area contributed by atoms with Gasteiger partial charge in [0, 0.05) is 37.9 Å². The van der Waals surface area contributed by atoms with Crippen LogP contribution in [0.3, 0.4) is 0 Å². The quantitative estimate of drug-likeness (QED) is 0.122. The Labute approximate surface area is 346 Å². The molecule has 0 saturated heterocycles. The van der Waals surface area contributed by atoms with Crippen molar-refractivity contribution >= 4 is 79.3 Å². The predicted octanol–water partition coefficient (Wildman–Crippen LogP) is -23.2. The van der Waals surface area contributed by atoms with Gasteiger partial charge in [0.15, 0.2) is 0 Å². The zero-order chi connectivity index (χ0) is 22.0. The van der Waals surface area contributed by atoms with E-state index in [-0.39, 0.29) is 199 Å². The summed E-state index contributed by atoms with van der Waals surface area (Å²) in [5, 5.41) is 41.6. The molecule has 0 aliphatic carbocycles. The van der Waals surface area contributed by atoms with E-state index >= 15 is 0 Å². The zero-order valence-corrected chi connectivity index (χ0v) is 34.9. The van der Waals surface area contributed by atoms with Gasteiger partial charge in [-0.1, -0.05) is 0 Å². The maximum atomic E-state index is 11.9. The van der Waals surface area contributed by atoms with Crippen LogP contribution in [0.1, 0.15) is 12.8 Å². The van der Waals surface area contributed by atoms with Crippen molar-refractivity contribution in [1.29, 1.82) is 0 Å². The Bertz CT molecular complexity index is 615. The van der Waals surface area contributed by atoms with Gasteiger partial charge in [-0.25, -0.2) is 21.6 Å². The third kappa shape index (κ3) is 22.0. The average molecular weight is 608 g/mol. The number of carboxylic acids is 4. The number of rotatable bonds is 11. The van der Waals surface area contributed by atoms with Crippen molar-refractivity contribution in [2.75, 3.05) is 13.1 Å². The molecule has 34 heavy (non-hydrogen) atoms. The van der Waals surface area contributed by atoms with Crippen molar-refractivity contribution in [2.45, 2.75) is 24.9 Å². The molecule has 0 N–H and O–H groups in total. The van der Waals surface area contributed by atoms with Gasteiger partial charge in [-0.05, 0) is 0 Å². The van der Waals surface area contributed by atoms with E-state index in [1.54, 1.807) is 0 Å². The van der Waals surface area contributed by atoms with Gasteiger partial charge in [-0.3, -0.25) is 9.59 Å². The standard InChI is InChI=1S/C12H16N2O10S4.6Na/c15-7(16)3-5(9(19)20)13(11(23)27-25)1-2-14(12(24)28-26)6(10(21)22)4-8(17)18;;;;;;/h5-6,25-26H,1-4H2,(H,15,16)(H,17,18)(H,19,20)(H,21,22);;;;;;/q;6*+1/p-6. The smallest absolute Gasteiger partial charge is 0.709 e. The van der Waals surface area contributed by atoms with Crippen LogP contribution in [0.5, 0.6) is 0 Å². The fourth-order valence-electron chi connectivity index (χ4n) is 2.02. The summed E-state index contributed by atoms with van der Waals surface area (Å²) in [6.07, 6.45) is -2.34. The molecular formula is C12H10N2Na6O10S4. The van der Waals surface area contributed by atoms with Gasteiger partial charge in [-0.15, -0.1) is 0 Å². The van der Waals surface area contributed by atoms with Crippen LogP contribution < -0.4 is 198 Å². The number of amides is 2. The summed E-state index contributed by atoms with van der Waals surface area (Å²) in [5.41, 5.74) is 0. The summed E-state index contributed by atoms with van der Waals surface area (Å²) in [7, 11) is 0.202. The molecule has 0 radical (unpaired) electrons. The van der Waals surface area contributed by atoms with E-state index in [9.17, 15) is 49.2 Å². The number of carbonyl (C=O) groups is 6. The molecule has 0 saturated carbocycles. The summed E-state index contributed by atoms with van der Waals surface area (Å²) < 4.78 is 0. The van der Waals surface area contributed by atoms with Crippen LogP contribution in [0.25, 0.3) is 0 Å². The van der Waals surface area contributed by atoms with Crippen molar-refractivity contribution in [3.63, 3.8) is 0 Å². The van der Waals surface area contributed by atoms with Gasteiger partial charge in [-0.2, -0.15) is 0 Å². The number of aliphatic carboxylic acids is 4. The molecule has 0 rings (SSSR count). The van der Waals surface area contributed by atoms with Gasteiger partial charge >= 0.3 is 177 Å². The second-order valence-corrected chi connectivity index (χ2v) is 6.94. The molecule has 0 aliphatic heterocycles. The monoisotopic (exact) mass is 608 g/mol. The number of carbonyl (C=O) groups excluding carboxylic acids is 6. The van der Waals surface area contributed by atoms with Crippen LogP contribution in [0.4, 0.5) is 9.59 Å². The molecule has 2 atom stereocenters. The van der Waals surface area contributed by atoms with Crippen LogP contribution in [-0.2, 0) is 42.5 Å². The Kier molecular flexibility index (Phi) is 48.2. The largest absolute Gasteiger partial charge is 1.00 e. The Morgan fingerprint density at radius 1 is 0.588 bits per heavy atom. The molecule has 158 valence electrons. The molecule has 0 aliphatic rings. The fraction of sp³-hybridized carbons (Fsp3) is 0.500. The van der Waals surface area contributed by atoms with Crippen molar-refractivity contribution in [3.8, 4) is 0 Å². The number of nitrogens with zero attached hydrogens (tertiary/aromatic N) is 2. The van der Waals surface area contributed by atoms with Crippen LogP contribution in [0.15, 0.2) is 0 Å². The van der Waals surface area contributed by atoms with E-state index in [1.165, 1.54) is 0 Å². The van der Waals surface area contributed by atoms with Crippen molar-refractivity contribution in [2.24, 2.45) is 0 Å². The molecule has 0 aromatic rings. The minimum atomic E-state index is -2.04. The maximum absolute atomic E-state index is 11.9. The Morgan fingerprint density at radius 3 is 0.971 bits per heavy atom. The Morgan fingerprint density at radius 2 is 0.824 bits per heavy atom. The molecule has 0 fully saturated rings. The van der Waals surface area contributed by atoms with Crippen LogP contribution >= 0.6 is 21.6 Å². The maximum Gasteiger partial charge on any atom is 1.00 e. The van der Waals surface area contributed by atoms with Gasteiger partial charge in [0.1, 0.15) is 0 Å². The fourth-order valence-corrected chi connectivity index (χ4v) is 3.22. The first kappa shape index (κ1) is 54.3.